The number of rotatable bonds is 7. The van der Waals surface area contributed by atoms with Crippen LogP contribution in [-0.2, 0) is 14.8 Å². The van der Waals surface area contributed by atoms with E-state index in [0.29, 0.717) is 15.7 Å². The molecular weight excluding hydrogens is 440 g/mol. The van der Waals surface area contributed by atoms with Crippen LogP contribution in [0.3, 0.4) is 0 Å². The molecule has 0 aliphatic carbocycles. The molecule has 0 spiro atoms. The molecule has 0 saturated carbocycles. The van der Waals surface area contributed by atoms with Gasteiger partial charge in [-0.05, 0) is 18.2 Å². The first-order chi connectivity index (χ1) is 12.7. The molecule has 2 aromatic rings. The van der Waals surface area contributed by atoms with Crippen LogP contribution in [-0.4, -0.2) is 38.3 Å². The molecule has 0 aliphatic rings. The van der Waals surface area contributed by atoms with Crippen molar-refractivity contribution < 1.29 is 18.1 Å². The molecule has 0 fully saturated rings. The summed E-state index contributed by atoms with van der Waals surface area (Å²) in [6, 6.07) is 12.2. The zero-order valence-electron chi connectivity index (χ0n) is 14.1. The Bertz CT molecular complexity index is 994. The number of nitrogens with one attached hydrogen (secondary N) is 1. The molecule has 0 unspecified atom stereocenters. The third-order valence-electron chi connectivity index (χ3n) is 3.27. The molecule has 1 N–H and O–H groups in total. The highest BCUT2D eigenvalue weighted by molar-refractivity contribution is 9.10. The van der Waals surface area contributed by atoms with Crippen LogP contribution >= 0.6 is 15.9 Å². The lowest BCUT2D eigenvalue weighted by Gasteiger charge is -2.21. The van der Waals surface area contributed by atoms with Gasteiger partial charge in [0.1, 0.15) is 6.54 Å². The number of hydrazone groups is 1. The van der Waals surface area contributed by atoms with Crippen LogP contribution < -0.4 is 9.73 Å². The lowest BCUT2D eigenvalue weighted by molar-refractivity contribution is -0.384. The highest BCUT2D eigenvalue weighted by atomic mass is 79.9. The van der Waals surface area contributed by atoms with Gasteiger partial charge in [0.05, 0.1) is 23.1 Å². The predicted molar refractivity (Wildman–Crippen MR) is 105 cm³/mol. The smallest absolute Gasteiger partial charge is 0.270 e. The molecule has 2 rings (SSSR count). The van der Waals surface area contributed by atoms with Gasteiger partial charge >= 0.3 is 0 Å². The number of amides is 1. The van der Waals surface area contributed by atoms with Crippen LogP contribution in [0.25, 0.3) is 0 Å². The fourth-order valence-electron chi connectivity index (χ4n) is 2.09. The second-order valence-electron chi connectivity index (χ2n) is 5.39. The number of sulfonamides is 1. The number of hydrogen-bond donors (Lipinski definition) is 1. The van der Waals surface area contributed by atoms with Gasteiger partial charge in [0.15, 0.2) is 0 Å². The summed E-state index contributed by atoms with van der Waals surface area (Å²) in [6.45, 7) is -0.471. The molecule has 0 atom stereocenters. The van der Waals surface area contributed by atoms with Crippen molar-refractivity contribution in [3.05, 3.63) is 68.7 Å². The van der Waals surface area contributed by atoms with Crippen molar-refractivity contribution in [1.82, 2.24) is 5.43 Å². The van der Waals surface area contributed by atoms with Gasteiger partial charge in [-0.2, -0.15) is 5.10 Å². The van der Waals surface area contributed by atoms with E-state index in [9.17, 15) is 23.3 Å². The molecule has 0 heterocycles. The quantitative estimate of drug-likeness (QED) is 0.390. The van der Waals surface area contributed by atoms with Gasteiger partial charge in [0.25, 0.3) is 11.6 Å². The van der Waals surface area contributed by atoms with E-state index >= 15 is 0 Å². The Morgan fingerprint density at radius 1 is 1.30 bits per heavy atom. The Labute approximate surface area is 164 Å². The van der Waals surface area contributed by atoms with E-state index in [1.165, 1.54) is 24.4 Å². The van der Waals surface area contributed by atoms with Gasteiger partial charge in [0.2, 0.25) is 10.0 Å². The number of nitro benzene ring substituents is 1. The third-order valence-corrected chi connectivity index (χ3v) is 4.90. The number of carbonyl (C=O) groups is 1. The molecule has 0 saturated heterocycles. The summed E-state index contributed by atoms with van der Waals surface area (Å²) in [5.74, 6) is -0.665. The summed E-state index contributed by atoms with van der Waals surface area (Å²) < 4.78 is 25.6. The Balaban J connectivity index is 2.08. The number of nitro groups is 1. The maximum absolute atomic E-state index is 12.1. The highest BCUT2D eigenvalue weighted by Gasteiger charge is 2.20. The highest BCUT2D eigenvalue weighted by Crippen LogP contribution is 2.21. The lowest BCUT2D eigenvalue weighted by atomic mass is 10.2. The summed E-state index contributed by atoms with van der Waals surface area (Å²) in [5, 5.41) is 14.4. The fourth-order valence-corrected chi connectivity index (χ4v) is 3.33. The van der Waals surface area contributed by atoms with E-state index in [1.54, 1.807) is 30.3 Å². The molecule has 0 aliphatic heterocycles. The molecule has 0 aromatic heterocycles. The molecule has 27 heavy (non-hydrogen) atoms. The first-order valence-corrected chi connectivity index (χ1v) is 10.1. The number of carbonyl (C=O) groups excluding carboxylic acids is 1. The van der Waals surface area contributed by atoms with Crippen LogP contribution in [0.15, 0.2) is 58.1 Å². The summed E-state index contributed by atoms with van der Waals surface area (Å²) in [6.07, 6.45) is 2.22. The Morgan fingerprint density at radius 3 is 2.63 bits per heavy atom. The van der Waals surface area contributed by atoms with Gasteiger partial charge in [0, 0.05) is 22.2 Å². The van der Waals surface area contributed by atoms with Crippen molar-refractivity contribution >= 4 is 49.4 Å². The maximum Gasteiger partial charge on any atom is 0.270 e. The number of anilines is 1. The average Bonchev–Trinajstić information content (AvgIpc) is 2.59. The third kappa shape index (κ3) is 6.15. The summed E-state index contributed by atoms with van der Waals surface area (Å²) >= 11 is 3.25. The van der Waals surface area contributed by atoms with Crippen LogP contribution in [0.1, 0.15) is 5.56 Å². The van der Waals surface area contributed by atoms with Crippen molar-refractivity contribution in [1.29, 1.82) is 0 Å². The van der Waals surface area contributed by atoms with E-state index in [0.717, 1.165) is 10.6 Å². The van der Waals surface area contributed by atoms with E-state index in [-0.39, 0.29) is 5.69 Å². The van der Waals surface area contributed by atoms with Crippen LogP contribution in [0.4, 0.5) is 11.4 Å². The molecule has 11 heteroatoms. The minimum Gasteiger partial charge on any atom is -0.271 e. The predicted octanol–water partition coefficient (Wildman–Crippen LogP) is 2.27. The van der Waals surface area contributed by atoms with Crippen molar-refractivity contribution in [2.24, 2.45) is 5.10 Å². The van der Waals surface area contributed by atoms with Crippen molar-refractivity contribution in [2.45, 2.75) is 0 Å². The van der Waals surface area contributed by atoms with Gasteiger partial charge in [-0.1, -0.05) is 34.1 Å². The molecule has 1 amide bonds. The van der Waals surface area contributed by atoms with Crippen molar-refractivity contribution in [2.75, 3.05) is 17.1 Å². The Morgan fingerprint density at radius 2 is 2.00 bits per heavy atom. The zero-order chi connectivity index (χ0) is 20.0. The summed E-state index contributed by atoms with van der Waals surface area (Å²) in [7, 11) is -3.70. The summed E-state index contributed by atoms with van der Waals surface area (Å²) in [5.41, 5.74) is 2.84. The van der Waals surface area contributed by atoms with E-state index in [2.05, 4.69) is 26.5 Å². The standard InChI is InChI=1S/C16H15BrN4O5S/c1-27(25,26)20(14-6-3-5-13(17)9-14)11-16(22)19-18-10-12-4-2-7-15(8-12)21(23)24/h2-10H,11H2,1H3,(H,19,22)/b18-10-. The Kier molecular flexibility index (Phi) is 6.64. The first-order valence-electron chi connectivity index (χ1n) is 7.46. The van der Waals surface area contributed by atoms with E-state index in [4.69, 9.17) is 0 Å². The van der Waals surface area contributed by atoms with Gasteiger partial charge in [-0.25, -0.2) is 13.8 Å². The normalized spacial score (nSPS) is 11.3. The molecule has 142 valence electrons. The molecule has 0 bridgehead atoms. The van der Waals surface area contributed by atoms with Crippen molar-refractivity contribution in [3.63, 3.8) is 0 Å². The minimum absolute atomic E-state index is 0.108. The molecule has 2 aromatic carbocycles. The number of benzene rings is 2. The van der Waals surface area contributed by atoms with Crippen molar-refractivity contribution in [3.8, 4) is 0 Å². The van der Waals surface area contributed by atoms with Crippen LogP contribution in [0.2, 0.25) is 0 Å². The zero-order valence-corrected chi connectivity index (χ0v) is 16.5. The topological polar surface area (TPSA) is 122 Å². The maximum atomic E-state index is 12.1. The van der Waals surface area contributed by atoms with E-state index in [1.807, 2.05) is 0 Å². The van der Waals surface area contributed by atoms with Gasteiger partial charge in [-0.3, -0.25) is 19.2 Å². The number of hydrogen-bond acceptors (Lipinski definition) is 6. The van der Waals surface area contributed by atoms with Gasteiger partial charge < -0.3 is 0 Å². The minimum atomic E-state index is -3.70. The monoisotopic (exact) mass is 454 g/mol. The molecular formula is C16H15BrN4O5S. The molecule has 0 radical (unpaired) electrons. The Hall–Kier alpha value is -2.79. The summed E-state index contributed by atoms with van der Waals surface area (Å²) in [4.78, 5) is 22.3. The van der Waals surface area contributed by atoms with Crippen LogP contribution in [0.5, 0.6) is 0 Å². The number of non-ortho nitro benzene ring substituents is 1. The number of nitrogens with zero attached hydrogens (tertiary/aromatic N) is 3. The largest absolute Gasteiger partial charge is 0.271 e. The van der Waals surface area contributed by atoms with Gasteiger partial charge in [-0.15, -0.1) is 0 Å². The van der Waals surface area contributed by atoms with Crippen LogP contribution in [0, 0.1) is 10.1 Å². The second-order valence-corrected chi connectivity index (χ2v) is 8.22. The fraction of sp³-hybridized carbons (Fsp3) is 0.125. The molecule has 9 nitrogen and oxygen atoms in total. The average molecular weight is 455 g/mol. The van der Waals surface area contributed by atoms with E-state index < -0.39 is 27.4 Å². The lowest BCUT2D eigenvalue weighted by Crippen LogP contribution is -2.39. The SMILES string of the molecule is CS(=O)(=O)N(CC(=O)N/N=C\c1cccc([N+](=O)[O-])c1)c1cccc(Br)c1. The first kappa shape index (κ1) is 20.5. The second kappa shape index (κ2) is 8.73. The number of halogens is 1.